The monoisotopic (exact) mass is 512 g/mol. The molecule has 0 unspecified atom stereocenters. The van der Waals surface area contributed by atoms with E-state index in [2.05, 4.69) is 6.07 Å². The molecule has 3 aliphatic rings. The van der Waals surface area contributed by atoms with Gasteiger partial charge in [-0.2, -0.15) is 0 Å². The Labute approximate surface area is 220 Å². The van der Waals surface area contributed by atoms with E-state index in [1.807, 2.05) is 35.4 Å². The zero-order valence-corrected chi connectivity index (χ0v) is 22.0. The van der Waals surface area contributed by atoms with Crippen LogP contribution in [0.5, 0.6) is 0 Å². The summed E-state index contributed by atoms with van der Waals surface area (Å²) in [5.74, 6) is 1.58. The van der Waals surface area contributed by atoms with E-state index in [-0.39, 0.29) is 35.3 Å². The molecule has 2 atom stereocenters. The molecule has 2 aliphatic heterocycles. The van der Waals surface area contributed by atoms with Gasteiger partial charge in [0, 0.05) is 77.6 Å². The number of aromatic nitrogens is 1. The van der Waals surface area contributed by atoms with E-state index in [9.17, 15) is 14.4 Å². The Kier molecular flexibility index (Phi) is 5.39. The summed E-state index contributed by atoms with van der Waals surface area (Å²) in [4.78, 5) is 40.7. The lowest BCUT2D eigenvalue weighted by atomic mass is 9.83. The maximum atomic E-state index is 13.3. The zero-order chi connectivity index (χ0) is 26.1. The van der Waals surface area contributed by atoms with Crippen LogP contribution in [0.15, 0.2) is 42.7 Å². The number of amides is 1. The highest BCUT2D eigenvalue weighted by atomic mass is 16.4. The summed E-state index contributed by atoms with van der Waals surface area (Å²) in [5, 5.41) is 2.06. The van der Waals surface area contributed by atoms with Gasteiger partial charge in [0.1, 0.15) is 16.9 Å². The predicted molar refractivity (Wildman–Crippen MR) is 145 cm³/mol. The van der Waals surface area contributed by atoms with Gasteiger partial charge in [0.05, 0.1) is 0 Å². The summed E-state index contributed by atoms with van der Waals surface area (Å²) in [7, 11) is 0. The van der Waals surface area contributed by atoms with Gasteiger partial charge in [-0.15, -0.1) is 0 Å². The third kappa shape index (κ3) is 3.58. The van der Waals surface area contributed by atoms with Crippen LogP contribution in [0.3, 0.4) is 0 Å². The Morgan fingerprint density at radius 3 is 2.66 bits per heavy atom. The van der Waals surface area contributed by atoms with Crippen LogP contribution >= 0.6 is 0 Å². The van der Waals surface area contributed by atoms with Crippen molar-refractivity contribution in [2.24, 2.45) is 5.92 Å². The Bertz CT molecular complexity index is 1740. The summed E-state index contributed by atoms with van der Waals surface area (Å²) in [6.45, 7) is 5.87. The fraction of sp³-hybridized carbons (Fsp3) is 0.452. The minimum Gasteiger partial charge on any atom is -0.460 e. The fourth-order valence-electron chi connectivity index (χ4n) is 7.20. The predicted octanol–water partition coefficient (Wildman–Crippen LogP) is 4.78. The van der Waals surface area contributed by atoms with Crippen molar-refractivity contribution >= 4 is 27.8 Å². The van der Waals surface area contributed by atoms with E-state index < -0.39 is 0 Å². The molecule has 1 aromatic carbocycles. The second kappa shape index (κ2) is 8.72. The maximum absolute atomic E-state index is 13.3. The molecule has 3 aromatic heterocycles. The summed E-state index contributed by atoms with van der Waals surface area (Å²) in [6, 6.07) is 7.56. The van der Waals surface area contributed by atoms with Crippen molar-refractivity contribution in [3.8, 4) is 0 Å². The van der Waals surface area contributed by atoms with Gasteiger partial charge in [-0.1, -0.05) is 6.07 Å². The van der Waals surface area contributed by atoms with Crippen molar-refractivity contribution in [3.63, 3.8) is 0 Å². The lowest BCUT2D eigenvalue weighted by Crippen LogP contribution is -2.49. The van der Waals surface area contributed by atoms with E-state index >= 15 is 0 Å². The number of furan rings is 1. The molecule has 1 saturated heterocycles. The molecule has 7 rings (SSSR count). The van der Waals surface area contributed by atoms with Crippen LogP contribution in [0.2, 0.25) is 0 Å². The molecule has 0 radical (unpaired) electrons. The number of likely N-dealkylation sites (tertiary alicyclic amines) is 1. The van der Waals surface area contributed by atoms with Crippen LogP contribution in [0.1, 0.15) is 65.3 Å². The van der Waals surface area contributed by atoms with Crippen LogP contribution in [-0.2, 0) is 30.6 Å². The van der Waals surface area contributed by atoms with Crippen molar-refractivity contribution in [1.29, 1.82) is 0 Å². The summed E-state index contributed by atoms with van der Waals surface area (Å²) in [5.41, 5.74) is 5.74. The molecule has 0 N–H and O–H groups in total. The average Bonchev–Trinajstić information content (AvgIpc) is 3.29. The third-order valence-corrected chi connectivity index (χ3v) is 9.15. The molecule has 0 spiro atoms. The summed E-state index contributed by atoms with van der Waals surface area (Å²) >= 11 is 0. The molecule has 7 nitrogen and oxygen atoms in total. The molecule has 1 amide bonds. The highest BCUT2D eigenvalue weighted by molar-refractivity contribution is 6.00. The highest BCUT2D eigenvalue weighted by Gasteiger charge is 2.36. The SMILES string of the molecule is Cc1c(CCC(=O)N2C[C@@H]3C[C@@H](C2)c2cccc(=O)n2C3)c(=O)oc2c(C)c3oc4c(c3cc12)CCCC4. The van der Waals surface area contributed by atoms with Crippen LogP contribution in [-0.4, -0.2) is 28.5 Å². The number of rotatable bonds is 3. The van der Waals surface area contributed by atoms with Crippen molar-refractivity contribution in [3.05, 3.63) is 78.7 Å². The van der Waals surface area contributed by atoms with E-state index in [1.54, 1.807) is 6.07 Å². The first-order chi connectivity index (χ1) is 18.4. The molecule has 1 aliphatic carbocycles. The molecule has 1 fully saturated rings. The average molecular weight is 513 g/mol. The standard InChI is InChI=1S/C31H32N2O5/c1-17-21(10-11-27(34)32-14-19-12-20(16-32)25-7-5-9-28(35)33(25)15-19)31(36)38-29-18(2)30-24(13-23(17)29)22-6-3-4-8-26(22)37-30/h5,7,9,13,19-20H,3-4,6,8,10-12,14-16H2,1-2H3/t19-,20-/m0/s1. The molecule has 0 saturated carbocycles. The molecule has 5 heterocycles. The Balaban J connectivity index is 1.16. The second-order valence-corrected chi connectivity index (χ2v) is 11.5. The van der Waals surface area contributed by atoms with Crippen molar-refractivity contribution in [2.75, 3.05) is 13.1 Å². The van der Waals surface area contributed by atoms with Gasteiger partial charge in [-0.05, 0) is 69.6 Å². The van der Waals surface area contributed by atoms with Crippen LogP contribution < -0.4 is 11.2 Å². The molecule has 196 valence electrons. The van der Waals surface area contributed by atoms with E-state index in [0.29, 0.717) is 37.2 Å². The number of nitrogens with zero attached hydrogens (tertiary/aromatic N) is 2. The van der Waals surface area contributed by atoms with Crippen LogP contribution in [0.25, 0.3) is 21.9 Å². The molecule has 7 heteroatoms. The molecule has 38 heavy (non-hydrogen) atoms. The molecule has 2 bridgehead atoms. The van der Waals surface area contributed by atoms with Crippen molar-refractivity contribution in [2.45, 2.75) is 71.3 Å². The largest absolute Gasteiger partial charge is 0.460 e. The summed E-state index contributed by atoms with van der Waals surface area (Å²) < 4.78 is 14.0. The van der Waals surface area contributed by atoms with Crippen LogP contribution in [0, 0.1) is 19.8 Å². The van der Waals surface area contributed by atoms with Gasteiger partial charge in [0.25, 0.3) is 5.56 Å². The minimum atomic E-state index is -0.370. The van der Waals surface area contributed by atoms with Gasteiger partial charge in [-0.3, -0.25) is 9.59 Å². The Hall–Kier alpha value is -3.61. The quantitative estimate of drug-likeness (QED) is 0.369. The topological polar surface area (TPSA) is 85.7 Å². The van der Waals surface area contributed by atoms with Crippen molar-refractivity contribution < 1.29 is 13.6 Å². The number of pyridine rings is 1. The van der Waals surface area contributed by atoms with E-state index in [4.69, 9.17) is 8.83 Å². The normalized spacial score (nSPS) is 20.5. The number of fused-ring (bicyclic) bond motifs is 8. The first-order valence-electron chi connectivity index (χ1n) is 13.9. The fourth-order valence-corrected chi connectivity index (χ4v) is 7.20. The van der Waals surface area contributed by atoms with Gasteiger partial charge in [0.15, 0.2) is 0 Å². The first-order valence-corrected chi connectivity index (χ1v) is 13.9. The number of aryl methyl sites for hydroxylation is 4. The zero-order valence-electron chi connectivity index (χ0n) is 22.0. The Morgan fingerprint density at radius 2 is 1.79 bits per heavy atom. The number of benzene rings is 1. The molecular weight excluding hydrogens is 480 g/mol. The third-order valence-electron chi connectivity index (χ3n) is 9.15. The lowest BCUT2D eigenvalue weighted by Gasteiger charge is -2.42. The van der Waals surface area contributed by atoms with Gasteiger partial charge >= 0.3 is 5.63 Å². The van der Waals surface area contributed by atoms with Gasteiger partial charge in [-0.25, -0.2) is 4.79 Å². The minimum absolute atomic E-state index is 0.0407. The second-order valence-electron chi connectivity index (χ2n) is 11.5. The number of piperidine rings is 1. The maximum Gasteiger partial charge on any atom is 0.339 e. The highest BCUT2D eigenvalue weighted by Crippen LogP contribution is 2.38. The van der Waals surface area contributed by atoms with Crippen molar-refractivity contribution in [1.82, 2.24) is 9.47 Å². The first kappa shape index (κ1) is 23.5. The van der Waals surface area contributed by atoms with Gasteiger partial charge in [0.2, 0.25) is 5.91 Å². The number of carbonyl (C=O) groups is 1. The number of hydrogen-bond donors (Lipinski definition) is 0. The van der Waals surface area contributed by atoms with Crippen LogP contribution in [0.4, 0.5) is 0 Å². The lowest BCUT2D eigenvalue weighted by molar-refractivity contribution is -0.133. The Morgan fingerprint density at radius 1 is 0.974 bits per heavy atom. The smallest absolute Gasteiger partial charge is 0.339 e. The summed E-state index contributed by atoms with van der Waals surface area (Å²) in [6.07, 6.45) is 5.90. The molecular formula is C31H32N2O5. The van der Waals surface area contributed by atoms with E-state index in [0.717, 1.165) is 71.0 Å². The van der Waals surface area contributed by atoms with Gasteiger partial charge < -0.3 is 18.3 Å². The number of carbonyl (C=O) groups excluding carboxylic acids is 1. The van der Waals surface area contributed by atoms with E-state index in [1.165, 1.54) is 5.56 Å². The molecule has 4 aromatic rings. The number of hydrogen-bond acceptors (Lipinski definition) is 5.